The van der Waals surface area contributed by atoms with Gasteiger partial charge in [-0.15, -0.1) is 0 Å². The van der Waals surface area contributed by atoms with E-state index in [9.17, 15) is 9.59 Å². The van der Waals surface area contributed by atoms with Gasteiger partial charge in [0.25, 0.3) is 5.91 Å². The summed E-state index contributed by atoms with van der Waals surface area (Å²) in [5.41, 5.74) is 2.21. The Balaban J connectivity index is 1.88. The third-order valence-electron chi connectivity index (χ3n) is 4.06. The van der Waals surface area contributed by atoms with Crippen LogP contribution in [0.5, 0.6) is 11.5 Å². The first-order valence-corrected chi connectivity index (χ1v) is 8.59. The van der Waals surface area contributed by atoms with E-state index in [0.717, 1.165) is 11.3 Å². The van der Waals surface area contributed by atoms with E-state index in [0.29, 0.717) is 35.9 Å². The van der Waals surface area contributed by atoms with Crippen LogP contribution in [0.4, 0.5) is 5.69 Å². The summed E-state index contributed by atoms with van der Waals surface area (Å²) in [7, 11) is 0. The van der Waals surface area contributed by atoms with Crippen LogP contribution in [-0.2, 0) is 11.2 Å². The van der Waals surface area contributed by atoms with Gasteiger partial charge in [0, 0.05) is 22.8 Å². The van der Waals surface area contributed by atoms with E-state index in [1.165, 1.54) is 0 Å². The van der Waals surface area contributed by atoms with Crippen molar-refractivity contribution in [3.8, 4) is 11.5 Å². The van der Waals surface area contributed by atoms with Gasteiger partial charge in [-0.25, -0.2) is 4.79 Å². The minimum Gasteiger partial charge on any atom is -0.490 e. The highest BCUT2D eigenvalue weighted by Crippen LogP contribution is 2.35. The zero-order valence-electron chi connectivity index (χ0n) is 14.2. The molecular formula is C19H18ClNO5. The zero-order chi connectivity index (χ0) is 18.7. The van der Waals surface area contributed by atoms with Crippen molar-refractivity contribution in [1.82, 2.24) is 0 Å². The molecule has 0 aromatic heterocycles. The number of anilines is 1. The van der Waals surface area contributed by atoms with Gasteiger partial charge in [-0.1, -0.05) is 17.7 Å². The lowest BCUT2D eigenvalue weighted by atomic mass is 10.1. The van der Waals surface area contributed by atoms with Crippen molar-refractivity contribution in [3.63, 3.8) is 0 Å². The van der Waals surface area contributed by atoms with E-state index < -0.39 is 12.6 Å². The standard InChI is InChI=1S/C19H18ClNO5/c1-2-25-17-10-12(6-7-16(17)26-11-18(22)23)19(24)21-9-8-13-14(20)4-3-5-15(13)21/h3-7,10H,2,8-9,11H2,1H3,(H,22,23). The lowest BCUT2D eigenvalue weighted by Crippen LogP contribution is -2.28. The van der Waals surface area contributed by atoms with Gasteiger partial charge >= 0.3 is 5.97 Å². The van der Waals surface area contributed by atoms with Crippen LogP contribution in [0.3, 0.4) is 0 Å². The molecular weight excluding hydrogens is 358 g/mol. The van der Waals surface area contributed by atoms with E-state index >= 15 is 0 Å². The molecule has 0 bridgehead atoms. The van der Waals surface area contributed by atoms with E-state index in [2.05, 4.69) is 0 Å². The molecule has 1 heterocycles. The highest BCUT2D eigenvalue weighted by molar-refractivity contribution is 6.32. The summed E-state index contributed by atoms with van der Waals surface area (Å²) in [6.07, 6.45) is 0.707. The van der Waals surface area contributed by atoms with Crippen molar-refractivity contribution in [3.05, 3.63) is 52.5 Å². The number of carboxylic acid groups (broad SMARTS) is 1. The average molecular weight is 376 g/mol. The van der Waals surface area contributed by atoms with Crippen LogP contribution < -0.4 is 14.4 Å². The Hall–Kier alpha value is -2.73. The van der Waals surface area contributed by atoms with Gasteiger partial charge in [-0.2, -0.15) is 0 Å². The van der Waals surface area contributed by atoms with Crippen LogP contribution >= 0.6 is 11.6 Å². The molecule has 26 heavy (non-hydrogen) atoms. The van der Waals surface area contributed by atoms with Crippen LogP contribution in [-0.4, -0.2) is 36.7 Å². The van der Waals surface area contributed by atoms with Crippen molar-refractivity contribution in [2.24, 2.45) is 0 Å². The second-order valence-electron chi connectivity index (χ2n) is 5.72. The highest BCUT2D eigenvalue weighted by atomic mass is 35.5. The fraction of sp³-hybridized carbons (Fsp3) is 0.263. The minimum absolute atomic E-state index is 0.170. The monoisotopic (exact) mass is 375 g/mol. The van der Waals surface area contributed by atoms with E-state index in [-0.39, 0.29) is 11.7 Å². The first-order valence-electron chi connectivity index (χ1n) is 8.22. The molecule has 0 fully saturated rings. The predicted molar refractivity (Wildman–Crippen MR) is 97.6 cm³/mol. The summed E-state index contributed by atoms with van der Waals surface area (Å²) in [5, 5.41) is 9.42. The number of carbonyl (C=O) groups excluding carboxylic acids is 1. The van der Waals surface area contributed by atoms with Crippen LogP contribution in [0, 0.1) is 0 Å². The van der Waals surface area contributed by atoms with Gasteiger partial charge in [-0.3, -0.25) is 4.79 Å². The second kappa shape index (κ2) is 7.66. The molecule has 0 saturated carbocycles. The summed E-state index contributed by atoms with van der Waals surface area (Å²) < 4.78 is 10.7. The number of amides is 1. The second-order valence-corrected chi connectivity index (χ2v) is 6.13. The molecule has 7 heteroatoms. The number of rotatable bonds is 6. The molecule has 136 valence electrons. The number of hydrogen-bond donors (Lipinski definition) is 1. The van der Waals surface area contributed by atoms with Crippen LogP contribution in [0.1, 0.15) is 22.8 Å². The fourth-order valence-electron chi connectivity index (χ4n) is 2.93. The van der Waals surface area contributed by atoms with Crippen LogP contribution in [0.2, 0.25) is 5.02 Å². The first-order chi connectivity index (χ1) is 12.5. The molecule has 1 N–H and O–H groups in total. The van der Waals surface area contributed by atoms with Gasteiger partial charge in [0.2, 0.25) is 0 Å². The molecule has 2 aromatic carbocycles. The number of hydrogen-bond acceptors (Lipinski definition) is 4. The number of halogens is 1. The van der Waals surface area contributed by atoms with Crippen molar-refractivity contribution < 1.29 is 24.2 Å². The number of aliphatic carboxylic acids is 1. The van der Waals surface area contributed by atoms with Gasteiger partial charge < -0.3 is 19.5 Å². The quantitative estimate of drug-likeness (QED) is 0.837. The maximum Gasteiger partial charge on any atom is 0.341 e. The van der Waals surface area contributed by atoms with Crippen LogP contribution in [0.15, 0.2) is 36.4 Å². The molecule has 3 rings (SSSR count). The first kappa shape index (κ1) is 18.1. The highest BCUT2D eigenvalue weighted by Gasteiger charge is 2.27. The maximum atomic E-state index is 12.9. The number of carboxylic acids is 1. The summed E-state index contributed by atoms with van der Waals surface area (Å²) in [6.45, 7) is 2.24. The largest absolute Gasteiger partial charge is 0.490 e. The molecule has 0 saturated heterocycles. The van der Waals surface area contributed by atoms with Crippen molar-refractivity contribution in [2.45, 2.75) is 13.3 Å². The normalized spacial score (nSPS) is 12.6. The van der Waals surface area contributed by atoms with Crippen molar-refractivity contribution >= 4 is 29.2 Å². The Kier molecular flexibility index (Phi) is 5.32. The zero-order valence-corrected chi connectivity index (χ0v) is 15.0. The number of ether oxygens (including phenoxy) is 2. The minimum atomic E-state index is -1.09. The van der Waals surface area contributed by atoms with Gasteiger partial charge in [0.15, 0.2) is 18.1 Å². The predicted octanol–water partition coefficient (Wildman–Crippen LogP) is 3.41. The number of benzene rings is 2. The van der Waals surface area contributed by atoms with E-state index in [1.807, 2.05) is 18.2 Å². The molecule has 1 amide bonds. The number of fused-ring (bicyclic) bond motifs is 1. The molecule has 0 radical (unpaired) electrons. The molecule has 0 unspecified atom stereocenters. The molecule has 0 atom stereocenters. The molecule has 2 aromatic rings. The van der Waals surface area contributed by atoms with Gasteiger partial charge in [0.1, 0.15) is 0 Å². The van der Waals surface area contributed by atoms with Crippen molar-refractivity contribution in [2.75, 3.05) is 24.7 Å². The molecule has 1 aliphatic heterocycles. The third kappa shape index (κ3) is 3.60. The molecule has 6 nitrogen and oxygen atoms in total. The topological polar surface area (TPSA) is 76.1 Å². The average Bonchev–Trinajstić information content (AvgIpc) is 3.05. The third-order valence-corrected chi connectivity index (χ3v) is 4.41. The Labute approximate surface area is 155 Å². The van der Waals surface area contributed by atoms with Crippen LogP contribution in [0.25, 0.3) is 0 Å². The Morgan fingerprint density at radius 2 is 2.00 bits per heavy atom. The van der Waals surface area contributed by atoms with Gasteiger partial charge in [-0.05, 0) is 49.2 Å². The lowest BCUT2D eigenvalue weighted by molar-refractivity contribution is -0.139. The Morgan fingerprint density at radius 3 is 2.73 bits per heavy atom. The summed E-state index contributed by atoms with van der Waals surface area (Å²) >= 11 is 6.21. The molecule has 0 spiro atoms. The Bertz CT molecular complexity index is 852. The summed E-state index contributed by atoms with van der Waals surface area (Å²) in [4.78, 5) is 25.3. The summed E-state index contributed by atoms with van der Waals surface area (Å²) in [6, 6.07) is 10.2. The van der Waals surface area contributed by atoms with Gasteiger partial charge in [0.05, 0.1) is 6.61 Å². The molecule has 0 aliphatic carbocycles. The maximum absolute atomic E-state index is 12.9. The lowest BCUT2D eigenvalue weighted by Gasteiger charge is -2.19. The Morgan fingerprint density at radius 1 is 1.19 bits per heavy atom. The molecule has 1 aliphatic rings. The van der Waals surface area contributed by atoms with Crippen molar-refractivity contribution in [1.29, 1.82) is 0 Å². The number of nitrogens with zero attached hydrogens (tertiary/aromatic N) is 1. The SMILES string of the molecule is CCOc1cc(C(=O)N2CCc3c(Cl)cccc32)ccc1OCC(=O)O. The summed E-state index contributed by atoms with van der Waals surface area (Å²) in [5.74, 6) is -0.629. The smallest absolute Gasteiger partial charge is 0.341 e. The fourth-order valence-corrected chi connectivity index (χ4v) is 3.19. The van der Waals surface area contributed by atoms with E-state index in [1.54, 1.807) is 30.0 Å². The number of carbonyl (C=O) groups is 2. The van der Waals surface area contributed by atoms with E-state index in [4.69, 9.17) is 26.2 Å².